The van der Waals surface area contributed by atoms with Crippen LogP contribution in [0.25, 0.3) is 0 Å². The van der Waals surface area contributed by atoms with Gasteiger partial charge in [-0.2, -0.15) is 11.8 Å². The highest BCUT2D eigenvalue weighted by Crippen LogP contribution is 2.32. The lowest BCUT2D eigenvalue weighted by molar-refractivity contribution is -0.148. The van der Waals surface area contributed by atoms with Crippen molar-refractivity contribution in [3.63, 3.8) is 0 Å². The zero-order valence-electron chi connectivity index (χ0n) is 10.9. The number of nitrogens with one attached hydrogen (secondary N) is 1. The molecule has 0 aliphatic carbocycles. The van der Waals surface area contributed by atoms with Crippen LogP contribution in [0.5, 0.6) is 0 Å². The van der Waals surface area contributed by atoms with Gasteiger partial charge in [-0.15, -0.1) is 0 Å². The fourth-order valence-corrected chi connectivity index (χ4v) is 3.37. The molecule has 1 aliphatic heterocycles. The van der Waals surface area contributed by atoms with E-state index in [-0.39, 0.29) is 11.8 Å². The molecule has 0 amide bonds. The third-order valence-corrected chi connectivity index (χ3v) is 4.23. The average Bonchev–Trinajstić information content (AvgIpc) is 2.43. The number of hydrogen-bond acceptors (Lipinski definition) is 4. The van der Waals surface area contributed by atoms with Crippen LogP contribution in [0.2, 0.25) is 0 Å². The Bertz CT molecular complexity index is 430. The summed E-state index contributed by atoms with van der Waals surface area (Å²) in [7, 11) is 0. The minimum absolute atomic E-state index is 0.209. The van der Waals surface area contributed by atoms with E-state index in [0.717, 1.165) is 30.0 Å². The fourth-order valence-electron chi connectivity index (χ4n) is 2.18. The molecule has 1 heterocycles. The van der Waals surface area contributed by atoms with Crippen molar-refractivity contribution in [3.05, 3.63) is 30.1 Å². The van der Waals surface area contributed by atoms with Crippen molar-refractivity contribution >= 4 is 23.4 Å². The maximum absolute atomic E-state index is 12.9. The van der Waals surface area contributed by atoms with Crippen molar-refractivity contribution < 1.29 is 13.9 Å². The third-order valence-electron chi connectivity index (χ3n) is 3.24. The molecule has 0 saturated carbocycles. The molecule has 0 aromatic heterocycles. The van der Waals surface area contributed by atoms with Gasteiger partial charge < -0.3 is 10.1 Å². The number of hydrogen-bond donors (Lipinski definition) is 1. The number of carbonyl (C=O) groups excluding carboxylic acids is 1. The first-order chi connectivity index (χ1) is 9.16. The van der Waals surface area contributed by atoms with Crippen molar-refractivity contribution in [2.45, 2.75) is 25.3 Å². The van der Waals surface area contributed by atoms with Gasteiger partial charge in [0.25, 0.3) is 0 Å². The summed E-state index contributed by atoms with van der Waals surface area (Å²) in [6.07, 6.45) is 1.46. The smallest absolute Gasteiger partial charge is 0.331 e. The Kier molecular flexibility index (Phi) is 4.69. The molecular weight excluding hydrogens is 265 g/mol. The van der Waals surface area contributed by atoms with Crippen molar-refractivity contribution in [3.8, 4) is 0 Å². The lowest BCUT2D eigenvalue weighted by Crippen LogP contribution is -2.50. The molecule has 1 N–H and O–H groups in total. The molecule has 1 aliphatic rings. The Morgan fingerprint density at radius 1 is 1.37 bits per heavy atom. The molecule has 0 radical (unpaired) electrons. The molecule has 0 bridgehead atoms. The van der Waals surface area contributed by atoms with E-state index in [0.29, 0.717) is 6.61 Å². The van der Waals surface area contributed by atoms with Crippen molar-refractivity contribution in [2.24, 2.45) is 0 Å². The molecule has 1 aromatic carbocycles. The minimum atomic E-state index is -0.668. The monoisotopic (exact) mass is 283 g/mol. The van der Waals surface area contributed by atoms with Gasteiger partial charge in [0, 0.05) is 5.69 Å². The number of benzene rings is 1. The van der Waals surface area contributed by atoms with Crippen LogP contribution in [0.3, 0.4) is 0 Å². The number of thioether (sulfide) groups is 1. The number of rotatable bonds is 4. The van der Waals surface area contributed by atoms with Gasteiger partial charge in [0.05, 0.1) is 6.61 Å². The molecule has 0 unspecified atom stereocenters. The van der Waals surface area contributed by atoms with Crippen LogP contribution < -0.4 is 5.32 Å². The lowest BCUT2D eigenvalue weighted by atomic mass is 9.91. The lowest BCUT2D eigenvalue weighted by Gasteiger charge is -2.36. The summed E-state index contributed by atoms with van der Waals surface area (Å²) < 4.78 is 18.1. The first-order valence-corrected chi connectivity index (χ1v) is 7.60. The highest BCUT2D eigenvalue weighted by atomic mass is 32.2. The Morgan fingerprint density at radius 3 is 2.58 bits per heavy atom. The van der Waals surface area contributed by atoms with E-state index >= 15 is 0 Å². The molecule has 1 fully saturated rings. The van der Waals surface area contributed by atoms with Crippen molar-refractivity contribution in [2.75, 3.05) is 23.4 Å². The summed E-state index contributed by atoms with van der Waals surface area (Å²) in [4.78, 5) is 12.2. The van der Waals surface area contributed by atoms with Gasteiger partial charge in [-0.1, -0.05) is 0 Å². The summed E-state index contributed by atoms with van der Waals surface area (Å²) in [5, 5.41) is 3.25. The van der Waals surface area contributed by atoms with E-state index in [9.17, 15) is 9.18 Å². The van der Waals surface area contributed by atoms with Gasteiger partial charge in [-0.3, -0.25) is 0 Å². The number of esters is 1. The molecular formula is C14H18FNO2S. The second-order valence-corrected chi connectivity index (χ2v) is 5.77. The molecule has 0 spiro atoms. The van der Waals surface area contributed by atoms with Crippen LogP contribution in [-0.2, 0) is 9.53 Å². The van der Waals surface area contributed by atoms with Crippen molar-refractivity contribution in [1.82, 2.24) is 0 Å². The number of halogens is 1. The van der Waals surface area contributed by atoms with Crippen LogP contribution in [0.15, 0.2) is 24.3 Å². The van der Waals surface area contributed by atoms with Crippen LogP contribution in [0.1, 0.15) is 19.8 Å². The van der Waals surface area contributed by atoms with Gasteiger partial charge in [-0.05, 0) is 55.5 Å². The van der Waals surface area contributed by atoms with Gasteiger partial charge in [0.1, 0.15) is 11.4 Å². The summed E-state index contributed by atoms with van der Waals surface area (Å²) in [5.41, 5.74) is 0.0837. The molecule has 0 atom stereocenters. The van der Waals surface area contributed by atoms with E-state index in [4.69, 9.17) is 4.74 Å². The SMILES string of the molecule is CCOC(=O)C1(Nc2ccc(F)cc2)CCSCC1. The molecule has 1 saturated heterocycles. The summed E-state index contributed by atoms with van der Waals surface area (Å²) in [5.74, 6) is 1.36. The van der Waals surface area contributed by atoms with E-state index in [2.05, 4.69) is 5.32 Å². The fraction of sp³-hybridized carbons (Fsp3) is 0.500. The van der Waals surface area contributed by atoms with E-state index in [1.165, 1.54) is 12.1 Å². The molecule has 104 valence electrons. The first kappa shape index (κ1) is 14.2. The minimum Gasteiger partial charge on any atom is -0.464 e. The number of anilines is 1. The second-order valence-electron chi connectivity index (χ2n) is 4.55. The molecule has 2 rings (SSSR count). The predicted octanol–water partition coefficient (Wildman–Crippen LogP) is 3.07. The maximum atomic E-state index is 12.9. The number of ether oxygens (including phenoxy) is 1. The highest BCUT2D eigenvalue weighted by molar-refractivity contribution is 7.99. The normalized spacial score (nSPS) is 17.8. The quantitative estimate of drug-likeness (QED) is 0.862. The Morgan fingerprint density at radius 2 is 2.00 bits per heavy atom. The van der Waals surface area contributed by atoms with Gasteiger partial charge in [0.2, 0.25) is 0 Å². The molecule has 5 heteroatoms. The molecule has 19 heavy (non-hydrogen) atoms. The second kappa shape index (κ2) is 6.28. The Balaban J connectivity index is 2.17. The van der Waals surface area contributed by atoms with Gasteiger partial charge in [-0.25, -0.2) is 9.18 Å². The average molecular weight is 283 g/mol. The molecule has 3 nitrogen and oxygen atoms in total. The molecule has 1 aromatic rings. The largest absolute Gasteiger partial charge is 0.464 e. The van der Waals surface area contributed by atoms with Crippen molar-refractivity contribution in [1.29, 1.82) is 0 Å². The number of carbonyl (C=O) groups is 1. The highest BCUT2D eigenvalue weighted by Gasteiger charge is 2.41. The zero-order valence-corrected chi connectivity index (χ0v) is 11.8. The van der Waals surface area contributed by atoms with Crippen LogP contribution >= 0.6 is 11.8 Å². The first-order valence-electron chi connectivity index (χ1n) is 6.45. The van der Waals surface area contributed by atoms with E-state index < -0.39 is 5.54 Å². The maximum Gasteiger partial charge on any atom is 0.331 e. The predicted molar refractivity (Wildman–Crippen MR) is 75.9 cm³/mol. The summed E-state index contributed by atoms with van der Waals surface area (Å²) >= 11 is 1.84. The van der Waals surface area contributed by atoms with Gasteiger partial charge >= 0.3 is 5.97 Å². The zero-order chi connectivity index (χ0) is 13.7. The third kappa shape index (κ3) is 3.41. The van der Waals surface area contributed by atoms with Crippen LogP contribution in [0, 0.1) is 5.82 Å². The van der Waals surface area contributed by atoms with E-state index in [1.54, 1.807) is 19.1 Å². The van der Waals surface area contributed by atoms with Crippen LogP contribution in [0.4, 0.5) is 10.1 Å². The van der Waals surface area contributed by atoms with Gasteiger partial charge in [0.15, 0.2) is 0 Å². The summed E-state index contributed by atoms with van der Waals surface area (Å²) in [6.45, 7) is 2.18. The standard InChI is InChI=1S/C14H18FNO2S/c1-2-18-13(17)14(7-9-19-10-8-14)16-12-5-3-11(15)4-6-12/h3-6,16H,2,7-10H2,1H3. The topological polar surface area (TPSA) is 38.3 Å². The Labute approximate surface area is 116 Å². The van der Waals surface area contributed by atoms with Crippen LogP contribution in [-0.4, -0.2) is 29.6 Å². The Hall–Kier alpha value is -1.23. The van der Waals surface area contributed by atoms with E-state index in [1.807, 2.05) is 11.8 Å². The summed E-state index contributed by atoms with van der Waals surface area (Å²) in [6, 6.07) is 6.08.